The van der Waals surface area contributed by atoms with E-state index in [0.29, 0.717) is 32.4 Å². The normalized spacial score (nSPS) is 1.74. The molecule has 0 rings (SSSR count). The van der Waals surface area contributed by atoms with Crippen molar-refractivity contribution < 1.29 is 449 Å². The number of rotatable bonds is 8. The maximum Gasteiger partial charge on any atom is 0.214 e. The van der Waals surface area contributed by atoms with Crippen LogP contribution in [0, 0.1) is 22.7 Å². The summed E-state index contributed by atoms with van der Waals surface area (Å²) in [6.07, 6.45) is 3.15. The van der Waals surface area contributed by atoms with E-state index in [4.69, 9.17) is 14.6 Å². The molecule has 0 heterocycles. The molecule has 0 fully saturated rings. The number of nitriles is 2. The Kier molecular flexibility index (Phi) is 9860. The molecule has 0 aromatic carbocycles. The molecule has 0 aliphatic carbocycles. The Balaban J connectivity index is -0.000000000485. The molecule has 60 heteroatoms. The molecule has 0 saturated heterocycles. The molecule has 0 aliphatic heterocycles. The molecule has 0 aliphatic rings. The van der Waals surface area contributed by atoms with Gasteiger partial charge in [0.15, 0.2) is 0 Å². The summed E-state index contributed by atoms with van der Waals surface area (Å²) in [5.74, 6) is 0. The van der Waals surface area contributed by atoms with Crippen LogP contribution in [0.2, 0.25) is 12.1 Å². The summed E-state index contributed by atoms with van der Waals surface area (Å²) >= 11 is 0. The van der Waals surface area contributed by atoms with Gasteiger partial charge in [0, 0.05) is 531 Å². The van der Waals surface area contributed by atoms with Gasteiger partial charge in [-0.1, -0.05) is 0 Å². The predicted molar refractivity (Wildman–Crippen MR) is 222 cm³/mol. The number of unbranched alkanes of at least 4 members (excludes halogenated alkanes) is 2. The molecule has 12 radical (unpaired) electrons. The van der Waals surface area contributed by atoms with E-state index in [9.17, 15) is 0 Å². The van der Waals surface area contributed by atoms with E-state index < -0.39 is 0 Å². The van der Waals surface area contributed by atoms with Crippen LogP contribution in [-0.4, -0.2) is 520 Å². The van der Waals surface area contributed by atoms with Crippen LogP contribution >= 0.6 is 0 Å². The molecular formula is C8H90Cs4N2O40Si3W11. The first-order chi connectivity index (χ1) is 6.41. The molecule has 0 bridgehead atoms. The summed E-state index contributed by atoms with van der Waals surface area (Å²) in [5, 5.41) is 16.5. The van der Waals surface area contributed by atoms with Gasteiger partial charge in [-0.3, -0.25) is 0 Å². The third kappa shape index (κ3) is 874. The van der Waals surface area contributed by atoms with Crippen molar-refractivity contribution in [3.63, 3.8) is 0 Å². The molecule has 0 atom stereocenters. The Morgan fingerprint density at radius 3 is 0.397 bits per heavy atom. The van der Waals surface area contributed by atoms with Gasteiger partial charge in [-0.2, -0.15) is 10.5 Å². The Bertz CT molecular complexity index is 270. The van der Waals surface area contributed by atoms with E-state index in [2.05, 4.69) is 12.1 Å². The Morgan fingerprint density at radius 2 is 0.324 bits per heavy atom. The Morgan fingerprint density at radius 1 is 0.235 bits per heavy atom. The minimum atomic E-state index is 0. The molecule has 0 amide bonds. The average molecular weight is 3490 g/mol. The molecule has 0 unspecified atom stereocenters. The molecule has 0 aromatic heterocycles. The van der Waals surface area contributed by atoms with Gasteiger partial charge in [0.1, 0.15) is 0 Å². The quantitative estimate of drug-likeness (QED) is 0.169. The van der Waals surface area contributed by atoms with Crippen molar-refractivity contribution in [3.05, 3.63) is 0 Å². The summed E-state index contributed by atoms with van der Waals surface area (Å²) in [7, 11) is 1.06. The van der Waals surface area contributed by atoms with E-state index in [-0.39, 0.29) is 732 Å². The molecule has 78 N–H and O–H groups in total. The largest absolute Gasteiger partial charge is 0.457 e. The summed E-state index contributed by atoms with van der Waals surface area (Å²) in [6, 6.07) is 6.20. The molecule has 454 valence electrons. The topological polar surface area (TPSA) is 1290 Å². The summed E-state index contributed by atoms with van der Waals surface area (Å²) in [6.45, 7) is 0. The number of hydrogen-bond donors (Lipinski definition) is 0. The fraction of sp³-hybridized carbons (Fsp3) is 0.750. The van der Waals surface area contributed by atoms with Crippen molar-refractivity contribution in [3.8, 4) is 12.1 Å². The van der Waals surface area contributed by atoms with E-state index in [1.807, 2.05) is 0 Å². The van der Waals surface area contributed by atoms with Crippen LogP contribution in [0.4, 0.5) is 0 Å². The van der Waals surface area contributed by atoms with Crippen molar-refractivity contribution >= 4 is 306 Å². The van der Waals surface area contributed by atoms with Gasteiger partial charge in [0.25, 0.3) is 0 Å². The smallest absolute Gasteiger partial charge is 0.214 e. The Labute approximate surface area is 795 Å². The van der Waals surface area contributed by atoms with Crippen molar-refractivity contribution in [2.24, 2.45) is 0 Å². The van der Waals surface area contributed by atoms with Crippen LogP contribution in [0.5, 0.6) is 0 Å². The van der Waals surface area contributed by atoms with Crippen molar-refractivity contribution in [2.75, 3.05) is 0 Å². The third-order valence-electron chi connectivity index (χ3n) is 1.28. The fourth-order valence-corrected chi connectivity index (χ4v) is 2.50. The van der Waals surface area contributed by atoms with Gasteiger partial charge in [-0.05, 0) is 24.9 Å². The van der Waals surface area contributed by atoms with Crippen LogP contribution < -0.4 is 0 Å². The predicted octanol–water partition coefficient (Wildman–Crippen LogP) is -32.4. The van der Waals surface area contributed by atoms with Crippen molar-refractivity contribution in [1.82, 2.24) is 0 Å². The minimum Gasteiger partial charge on any atom is -0.457 e. The molecule has 0 spiro atoms. The second-order valence-electron chi connectivity index (χ2n) is 2.41. The molecule has 68 heavy (non-hydrogen) atoms. The second-order valence-corrected chi connectivity index (χ2v) is 4.81. The maximum atomic E-state index is 8.25. The zero-order valence-corrected chi connectivity index (χ0v) is 96.4. The van der Waals surface area contributed by atoms with E-state index in [1.54, 1.807) is 0 Å². The molecule has 0 aromatic rings. The van der Waals surface area contributed by atoms with Gasteiger partial charge in [0.05, 0.1) is 12.1 Å². The summed E-state index contributed by atoms with van der Waals surface area (Å²) < 4.78 is 5.36. The molecule has 0 saturated carbocycles. The van der Waals surface area contributed by atoms with Crippen LogP contribution in [-0.2, 0) is 236 Å². The maximum absolute atomic E-state index is 8.25. The van der Waals surface area contributed by atoms with Gasteiger partial charge in [-0.25, -0.2) is 0 Å². The summed E-state index contributed by atoms with van der Waals surface area (Å²) in [4.78, 5) is 0. The first kappa shape index (κ1) is 802. The van der Waals surface area contributed by atoms with Gasteiger partial charge in [0.2, 0.25) is 19.5 Å². The van der Waals surface area contributed by atoms with Crippen LogP contribution in [0.25, 0.3) is 0 Å². The fourth-order valence-electron chi connectivity index (χ4n) is 0.632. The average Bonchev–Trinajstić information content (AvgIpc) is 2.16. The SMILES string of the molecule is N#CCCC[Si]O[Si]CCCC#N.O.O.O.O.O.O.O.O.O.O.O.O.O.O.O.O.O.O.O.O.O.O.O.O.O.O.O.O.O.O.O.O.O.O.O.O.O.O.O.[Cs].[Cs].[Cs].[Cs].[Si].[W].[W].[W].[W].[W].[W].[W].[W].[W].[W].[W]. The monoisotopic (exact) mass is 3490 g/mol. The van der Waals surface area contributed by atoms with E-state index in [1.165, 1.54) is 0 Å². The second kappa shape index (κ2) is 836. The minimum absolute atomic E-state index is 0. The zero-order valence-electron chi connectivity index (χ0n) is 36.0. The van der Waals surface area contributed by atoms with Crippen molar-refractivity contribution in [1.29, 1.82) is 10.5 Å². The first-order valence-electron chi connectivity index (χ1n) is 4.27. The number of hydrogen-bond acceptors (Lipinski definition) is 3. The summed E-state index contributed by atoms with van der Waals surface area (Å²) in [5.41, 5.74) is 0. The first-order valence-corrected chi connectivity index (χ1v) is 6.50. The van der Waals surface area contributed by atoms with Crippen molar-refractivity contribution in [2.45, 2.75) is 37.8 Å². The third-order valence-corrected chi connectivity index (χ3v) is 3.55. The van der Waals surface area contributed by atoms with Gasteiger partial charge >= 0.3 is 0 Å². The van der Waals surface area contributed by atoms with Gasteiger partial charge in [-0.15, -0.1) is 0 Å². The standard InChI is InChI=1S/C8H12N2OSi2.4Cs.39H2O.Si.11W/c9-5-1-3-7-12-11-13-8-4-2-6-10;;;;;;;;;;;;;;;;;;;;;;;;;;;;;;;;;;;;;;;;;;;;;;;;;;;;;;;/h1-4,7-8H2;;;;;39*1H2;;;;;;;;;;;;. The van der Waals surface area contributed by atoms with E-state index >= 15 is 0 Å². The van der Waals surface area contributed by atoms with Crippen LogP contribution in [0.15, 0.2) is 0 Å². The van der Waals surface area contributed by atoms with Crippen LogP contribution in [0.3, 0.4) is 0 Å². The molecule has 42 nitrogen and oxygen atoms in total. The Hall–Kier alpha value is 13.8. The van der Waals surface area contributed by atoms with Gasteiger partial charge < -0.3 is 218 Å². The zero-order chi connectivity index (χ0) is 9.78. The number of nitrogens with zero attached hydrogens (tertiary/aromatic N) is 2. The van der Waals surface area contributed by atoms with E-state index in [0.717, 1.165) is 24.9 Å². The van der Waals surface area contributed by atoms with Crippen LogP contribution in [0.1, 0.15) is 25.7 Å². The molecular weight excluding hydrogens is 3400 g/mol.